The van der Waals surface area contributed by atoms with E-state index in [1.165, 1.54) is 10.5 Å². The fourth-order valence-electron chi connectivity index (χ4n) is 2.80. The Bertz CT molecular complexity index is 819. The van der Waals surface area contributed by atoms with Crippen LogP contribution >= 0.6 is 0 Å². The van der Waals surface area contributed by atoms with Crippen LogP contribution in [-0.2, 0) is 20.7 Å². The van der Waals surface area contributed by atoms with E-state index in [9.17, 15) is 14.4 Å². The van der Waals surface area contributed by atoms with Crippen LogP contribution in [0, 0.1) is 0 Å². The van der Waals surface area contributed by atoms with E-state index in [1.807, 2.05) is 30.3 Å². The number of amides is 2. The number of hydrogen-bond donors (Lipinski definition) is 1. The van der Waals surface area contributed by atoms with Crippen LogP contribution in [0.4, 0.5) is 5.69 Å². The smallest absolute Gasteiger partial charge is 0.305 e. The molecular weight excluding hydrogens is 368 g/mol. The monoisotopic (exact) mass is 396 g/mol. The van der Waals surface area contributed by atoms with Crippen molar-refractivity contribution >= 4 is 23.5 Å². The largest absolute Gasteiger partial charge is 0.466 e. The molecule has 0 radical (unpaired) electrons. The molecule has 0 aliphatic carbocycles. The number of carbonyl (C=O) groups excluding carboxylic acids is 3. The number of rotatable bonds is 10. The van der Waals surface area contributed by atoms with Gasteiger partial charge in [-0.1, -0.05) is 42.5 Å². The molecule has 0 spiro atoms. The second kappa shape index (κ2) is 11.6. The molecule has 0 saturated heterocycles. The van der Waals surface area contributed by atoms with Crippen molar-refractivity contribution in [3.05, 3.63) is 65.7 Å². The molecule has 0 aliphatic rings. The molecular formula is C23H28N2O4. The number of nitrogens with zero attached hydrogens (tertiary/aromatic N) is 1. The Hall–Kier alpha value is -3.15. The van der Waals surface area contributed by atoms with E-state index >= 15 is 0 Å². The lowest BCUT2D eigenvalue weighted by Crippen LogP contribution is -2.24. The van der Waals surface area contributed by atoms with Crippen LogP contribution in [0.25, 0.3) is 0 Å². The van der Waals surface area contributed by atoms with Gasteiger partial charge in [-0.2, -0.15) is 0 Å². The molecule has 0 bridgehead atoms. The molecule has 29 heavy (non-hydrogen) atoms. The molecule has 0 aromatic heterocycles. The second-order valence-corrected chi connectivity index (χ2v) is 6.96. The van der Waals surface area contributed by atoms with Gasteiger partial charge in [0.1, 0.15) is 0 Å². The Kier molecular flexibility index (Phi) is 8.89. The van der Waals surface area contributed by atoms with Crippen molar-refractivity contribution < 1.29 is 19.1 Å². The van der Waals surface area contributed by atoms with Gasteiger partial charge in [-0.3, -0.25) is 14.4 Å². The SMILES string of the molecule is CN(C)C(=O)c1ccccc1NC(=O)CCCC(=O)OCCCc1ccccc1. The van der Waals surface area contributed by atoms with E-state index in [2.05, 4.69) is 5.32 Å². The molecule has 0 fully saturated rings. The maximum atomic E-state index is 12.2. The fourth-order valence-corrected chi connectivity index (χ4v) is 2.80. The lowest BCUT2D eigenvalue weighted by molar-refractivity contribution is -0.143. The quantitative estimate of drug-likeness (QED) is 0.491. The Morgan fingerprint density at radius 1 is 0.897 bits per heavy atom. The fraction of sp³-hybridized carbons (Fsp3) is 0.348. The summed E-state index contributed by atoms with van der Waals surface area (Å²) in [4.78, 5) is 37.6. The molecule has 0 heterocycles. The van der Waals surface area contributed by atoms with Gasteiger partial charge in [0, 0.05) is 26.9 Å². The van der Waals surface area contributed by atoms with E-state index in [0.717, 1.165) is 12.8 Å². The molecule has 2 rings (SSSR count). The van der Waals surface area contributed by atoms with E-state index in [4.69, 9.17) is 4.74 Å². The van der Waals surface area contributed by atoms with E-state index in [1.54, 1.807) is 38.4 Å². The molecule has 6 nitrogen and oxygen atoms in total. The molecule has 1 N–H and O–H groups in total. The first-order valence-electron chi connectivity index (χ1n) is 9.77. The number of esters is 1. The Balaban J connectivity index is 1.67. The van der Waals surface area contributed by atoms with Gasteiger partial charge in [-0.15, -0.1) is 0 Å². The van der Waals surface area contributed by atoms with Gasteiger partial charge >= 0.3 is 5.97 Å². The van der Waals surface area contributed by atoms with Gasteiger partial charge in [0.05, 0.1) is 17.9 Å². The highest BCUT2D eigenvalue weighted by Gasteiger charge is 2.14. The Morgan fingerprint density at radius 2 is 1.59 bits per heavy atom. The topological polar surface area (TPSA) is 75.7 Å². The Morgan fingerprint density at radius 3 is 2.31 bits per heavy atom. The standard InChI is InChI=1S/C23H28N2O4/c1-25(2)23(28)19-13-6-7-14-20(19)24-21(26)15-8-16-22(27)29-17-9-12-18-10-4-3-5-11-18/h3-7,10-11,13-14H,8-9,12,15-17H2,1-2H3,(H,24,26). The number of anilines is 1. The van der Waals surface area contributed by atoms with Crippen LogP contribution < -0.4 is 5.32 Å². The van der Waals surface area contributed by atoms with Gasteiger partial charge in [0.25, 0.3) is 5.91 Å². The minimum absolute atomic E-state index is 0.181. The first kappa shape index (κ1) is 22.1. The minimum Gasteiger partial charge on any atom is -0.466 e. The number of hydrogen-bond acceptors (Lipinski definition) is 4. The molecule has 0 saturated carbocycles. The van der Waals surface area contributed by atoms with Crippen LogP contribution in [0.5, 0.6) is 0 Å². The van der Waals surface area contributed by atoms with Crippen molar-refractivity contribution in [1.82, 2.24) is 4.90 Å². The third-order valence-corrected chi connectivity index (χ3v) is 4.34. The number of carbonyl (C=O) groups is 3. The molecule has 6 heteroatoms. The number of para-hydroxylation sites is 1. The molecule has 0 atom stereocenters. The summed E-state index contributed by atoms with van der Waals surface area (Å²) in [6, 6.07) is 16.9. The average molecular weight is 396 g/mol. The number of aryl methyl sites for hydroxylation is 1. The van der Waals surface area contributed by atoms with Crippen molar-refractivity contribution in [1.29, 1.82) is 0 Å². The summed E-state index contributed by atoms with van der Waals surface area (Å²) in [7, 11) is 3.32. The van der Waals surface area contributed by atoms with Gasteiger partial charge in [-0.05, 0) is 37.0 Å². The van der Waals surface area contributed by atoms with Crippen LogP contribution in [-0.4, -0.2) is 43.4 Å². The first-order chi connectivity index (χ1) is 14.0. The van der Waals surface area contributed by atoms with Crippen LogP contribution in [0.15, 0.2) is 54.6 Å². The maximum Gasteiger partial charge on any atom is 0.305 e. The molecule has 0 aliphatic heterocycles. The summed E-state index contributed by atoms with van der Waals surface area (Å²) in [5.74, 6) is -0.713. The van der Waals surface area contributed by atoms with Crippen LogP contribution in [0.3, 0.4) is 0 Å². The van der Waals surface area contributed by atoms with E-state index < -0.39 is 0 Å². The zero-order chi connectivity index (χ0) is 21.1. The van der Waals surface area contributed by atoms with Crippen molar-refractivity contribution in [3.8, 4) is 0 Å². The van der Waals surface area contributed by atoms with Gasteiger partial charge in [-0.25, -0.2) is 0 Å². The molecule has 154 valence electrons. The second-order valence-electron chi connectivity index (χ2n) is 6.96. The predicted octanol–water partition coefficient (Wildman–Crippen LogP) is 3.67. The van der Waals surface area contributed by atoms with Crippen LogP contribution in [0.1, 0.15) is 41.6 Å². The number of nitrogens with one attached hydrogen (secondary N) is 1. The van der Waals surface area contributed by atoms with E-state index in [-0.39, 0.29) is 30.6 Å². The van der Waals surface area contributed by atoms with Crippen molar-refractivity contribution in [2.75, 3.05) is 26.0 Å². The van der Waals surface area contributed by atoms with Gasteiger partial charge < -0.3 is 15.0 Å². The third kappa shape index (κ3) is 7.78. The lowest BCUT2D eigenvalue weighted by Gasteiger charge is -2.14. The third-order valence-electron chi connectivity index (χ3n) is 4.34. The first-order valence-corrected chi connectivity index (χ1v) is 9.77. The summed E-state index contributed by atoms with van der Waals surface area (Å²) in [6.45, 7) is 0.375. The highest BCUT2D eigenvalue weighted by atomic mass is 16.5. The van der Waals surface area contributed by atoms with Crippen molar-refractivity contribution in [2.24, 2.45) is 0 Å². The summed E-state index contributed by atoms with van der Waals surface area (Å²) in [5.41, 5.74) is 2.12. The highest BCUT2D eigenvalue weighted by molar-refractivity contribution is 6.03. The Labute approximate surface area is 171 Å². The summed E-state index contributed by atoms with van der Waals surface area (Å²) >= 11 is 0. The zero-order valence-corrected chi connectivity index (χ0v) is 17.0. The normalized spacial score (nSPS) is 10.3. The summed E-state index contributed by atoms with van der Waals surface area (Å²) in [5, 5.41) is 2.75. The van der Waals surface area contributed by atoms with Crippen molar-refractivity contribution in [2.45, 2.75) is 32.1 Å². The minimum atomic E-state index is -0.297. The maximum absolute atomic E-state index is 12.2. The summed E-state index contributed by atoms with van der Waals surface area (Å²) in [6.07, 6.45) is 2.41. The predicted molar refractivity (Wildman–Crippen MR) is 113 cm³/mol. The summed E-state index contributed by atoms with van der Waals surface area (Å²) < 4.78 is 5.22. The number of benzene rings is 2. The lowest BCUT2D eigenvalue weighted by atomic mass is 10.1. The molecule has 0 unspecified atom stereocenters. The molecule has 2 aromatic carbocycles. The van der Waals surface area contributed by atoms with E-state index in [0.29, 0.717) is 24.3 Å². The number of ether oxygens (including phenoxy) is 1. The van der Waals surface area contributed by atoms with Gasteiger partial charge in [0.2, 0.25) is 5.91 Å². The van der Waals surface area contributed by atoms with Crippen LogP contribution in [0.2, 0.25) is 0 Å². The highest BCUT2D eigenvalue weighted by Crippen LogP contribution is 2.17. The zero-order valence-electron chi connectivity index (χ0n) is 17.0. The average Bonchev–Trinajstić information content (AvgIpc) is 2.72. The van der Waals surface area contributed by atoms with Gasteiger partial charge in [0.15, 0.2) is 0 Å². The van der Waals surface area contributed by atoms with Crippen molar-refractivity contribution in [3.63, 3.8) is 0 Å². The molecule has 2 amide bonds. The molecule has 2 aromatic rings.